The molecule has 1 N–H and O–H groups in total. The van der Waals surface area contributed by atoms with Crippen LogP contribution in [0.3, 0.4) is 0 Å². The van der Waals surface area contributed by atoms with Crippen molar-refractivity contribution in [3.63, 3.8) is 0 Å². The Hall–Kier alpha value is -1.40. The molecule has 1 unspecified atom stereocenters. The molecule has 0 aliphatic heterocycles. The van der Waals surface area contributed by atoms with Crippen LogP contribution in [0.1, 0.15) is 11.6 Å². The van der Waals surface area contributed by atoms with E-state index in [-0.39, 0.29) is 5.97 Å². The molecule has 1 atom stereocenters. The zero-order valence-electron chi connectivity index (χ0n) is 10.8. The number of esters is 1. The van der Waals surface area contributed by atoms with E-state index in [0.717, 1.165) is 12.1 Å². The third-order valence-electron chi connectivity index (χ3n) is 2.40. The fourth-order valence-corrected chi connectivity index (χ4v) is 1.48. The highest BCUT2D eigenvalue weighted by Gasteiger charge is 2.21. The van der Waals surface area contributed by atoms with Gasteiger partial charge in [0.15, 0.2) is 0 Å². The minimum absolute atomic E-state index is 0.295. The minimum atomic E-state index is -0.450. The van der Waals surface area contributed by atoms with Crippen LogP contribution in [0.5, 0.6) is 0 Å². The highest BCUT2D eigenvalue weighted by Crippen LogP contribution is 2.12. The Morgan fingerprint density at radius 3 is 2.82 bits per heavy atom. The molecule has 0 spiro atoms. The summed E-state index contributed by atoms with van der Waals surface area (Å²) in [7, 11) is 7.18. The van der Waals surface area contributed by atoms with Crippen LogP contribution < -0.4 is 5.32 Å². The first kappa shape index (κ1) is 13.7. The molecule has 0 saturated heterocycles. The molecule has 17 heavy (non-hydrogen) atoms. The van der Waals surface area contributed by atoms with E-state index in [9.17, 15) is 4.79 Å². The van der Waals surface area contributed by atoms with Gasteiger partial charge in [-0.2, -0.15) is 5.10 Å². The zero-order chi connectivity index (χ0) is 12.8. The summed E-state index contributed by atoms with van der Waals surface area (Å²) >= 11 is 0. The van der Waals surface area contributed by atoms with Crippen molar-refractivity contribution in [3.8, 4) is 0 Å². The summed E-state index contributed by atoms with van der Waals surface area (Å²) in [5.74, 6) is -0.295. The van der Waals surface area contributed by atoms with Crippen molar-refractivity contribution < 1.29 is 9.53 Å². The maximum Gasteiger partial charge on any atom is 0.327 e. The van der Waals surface area contributed by atoms with Gasteiger partial charge in [0.2, 0.25) is 0 Å². The van der Waals surface area contributed by atoms with Crippen molar-refractivity contribution in [2.24, 2.45) is 7.05 Å². The molecule has 0 fully saturated rings. The molecular formula is C11H20N4O2. The van der Waals surface area contributed by atoms with Gasteiger partial charge in [0.05, 0.1) is 13.3 Å². The molecule has 6 nitrogen and oxygen atoms in total. The molecule has 0 aromatic carbocycles. The average molecular weight is 240 g/mol. The summed E-state index contributed by atoms with van der Waals surface area (Å²) in [5, 5.41) is 7.22. The number of ether oxygens (including phenoxy) is 1. The largest absolute Gasteiger partial charge is 0.468 e. The van der Waals surface area contributed by atoms with E-state index in [1.54, 1.807) is 10.9 Å². The summed E-state index contributed by atoms with van der Waals surface area (Å²) in [6.07, 6.45) is 3.48. The predicted molar refractivity (Wildman–Crippen MR) is 64.5 cm³/mol. The van der Waals surface area contributed by atoms with Gasteiger partial charge in [-0.1, -0.05) is 0 Å². The van der Waals surface area contributed by atoms with E-state index in [4.69, 9.17) is 4.74 Å². The van der Waals surface area contributed by atoms with Gasteiger partial charge in [-0.3, -0.25) is 10.00 Å². The highest BCUT2D eigenvalue weighted by atomic mass is 16.5. The monoisotopic (exact) mass is 240 g/mol. The van der Waals surface area contributed by atoms with Crippen molar-refractivity contribution in [3.05, 3.63) is 18.0 Å². The topological polar surface area (TPSA) is 59.4 Å². The zero-order valence-corrected chi connectivity index (χ0v) is 10.8. The number of carbonyl (C=O) groups is 1. The molecule has 1 rings (SSSR count). The number of aromatic nitrogens is 2. The molecule has 0 aliphatic rings. The van der Waals surface area contributed by atoms with Crippen LogP contribution in [0, 0.1) is 0 Å². The number of nitrogens with one attached hydrogen (secondary N) is 1. The Morgan fingerprint density at radius 2 is 2.35 bits per heavy atom. The van der Waals surface area contributed by atoms with Crippen LogP contribution in [0.15, 0.2) is 12.4 Å². The van der Waals surface area contributed by atoms with Crippen molar-refractivity contribution in [1.82, 2.24) is 20.0 Å². The van der Waals surface area contributed by atoms with Gasteiger partial charge in [-0.25, -0.2) is 4.79 Å². The van der Waals surface area contributed by atoms with Crippen molar-refractivity contribution in [1.29, 1.82) is 0 Å². The van der Waals surface area contributed by atoms with Gasteiger partial charge in [0.25, 0.3) is 0 Å². The SMILES string of the molecule is COC(=O)C(NCCN(C)C)c1cnn(C)c1. The molecule has 0 amide bonds. The Labute approximate surface area is 102 Å². The summed E-state index contributed by atoms with van der Waals surface area (Å²) in [6, 6.07) is -0.450. The Kier molecular flexibility index (Phi) is 5.11. The van der Waals surface area contributed by atoms with E-state index in [1.165, 1.54) is 7.11 Å². The lowest BCUT2D eigenvalue weighted by Crippen LogP contribution is -2.34. The Morgan fingerprint density at radius 1 is 1.65 bits per heavy atom. The Bertz CT molecular complexity index is 362. The highest BCUT2D eigenvalue weighted by molar-refractivity contribution is 5.77. The second kappa shape index (κ2) is 6.36. The van der Waals surface area contributed by atoms with Gasteiger partial charge < -0.3 is 9.64 Å². The van der Waals surface area contributed by atoms with E-state index in [1.807, 2.05) is 32.2 Å². The number of hydrogen-bond donors (Lipinski definition) is 1. The van der Waals surface area contributed by atoms with E-state index in [0.29, 0.717) is 6.54 Å². The third-order valence-corrected chi connectivity index (χ3v) is 2.40. The first-order valence-corrected chi connectivity index (χ1v) is 5.49. The van der Waals surface area contributed by atoms with Gasteiger partial charge in [-0.05, 0) is 14.1 Å². The normalized spacial score (nSPS) is 12.8. The molecule has 6 heteroatoms. The van der Waals surface area contributed by atoms with Crippen LogP contribution in [0.2, 0.25) is 0 Å². The lowest BCUT2D eigenvalue weighted by atomic mass is 10.1. The predicted octanol–water partition coefficient (Wildman–Crippen LogP) is -0.215. The molecule has 1 aromatic heterocycles. The van der Waals surface area contributed by atoms with Gasteiger partial charge in [0.1, 0.15) is 6.04 Å². The number of nitrogens with zero attached hydrogens (tertiary/aromatic N) is 3. The smallest absolute Gasteiger partial charge is 0.327 e. The van der Waals surface area contributed by atoms with Gasteiger partial charge in [-0.15, -0.1) is 0 Å². The molecule has 96 valence electrons. The third kappa shape index (κ3) is 4.16. The second-order valence-electron chi connectivity index (χ2n) is 4.16. The average Bonchev–Trinajstić information content (AvgIpc) is 2.69. The van der Waals surface area contributed by atoms with Gasteiger partial charge >= 0.3 is 5.97 Å². The van der Waals surface area contributed by atoms with E-state index < -0.39 is 6.04 Å². The number of aryl methyl sites for hydroxylation is 1. The maximum absolute atomic E-state index is 11.7. The first-order chi connectivity index (χ1) is 8.04. The molecule has 1 heterocycles. The maximum atomic E-state index is 11.7. The second-order valence-corrected chi connectivity index (χ2v) is 4.16. The number of methoxy groups -OCH3 is 1. The molecular weight excluding hydrogens is 220 g/mol. The fraction of sp³-hybridized carbons (Fsp3) is 0.636. The summed E-state index contributed by atoms with van der Waals surface area (Å²) in [6.45, 7) is 1.56. The molecule has 0 bridgehead atoms. The summed E-state index contributed by atoms with van der Waals surface area (Å²) < 4.78 is 6.45. The molecule has 0 saturated carbocycles. The number of hydrogen-bond acceptors (Lipinski definition) is 5. The lowest BCUT2D eigenvalue weighted by Gasteiger charge is -2.16. The van der Waals surface area contributed by atoms with Crippen LogP contribution in [0.25, 0.3) is 0 Å². The number of carbonyl (C=O) groups excluding carboxylic acids is 1. The molecule has 0 radical (unpaired) electrons. The first-order valence-electron chi connectivity index (χ1n) is 5.49. The Balaban J connectivity index is 2.64. The molecule has 1 aromatic rings. The van der Waals surface area contributed by atoms with Crippen molar-refractivity contribution in [2.75, 3.05) is 34.3 Å². The van der Waals surface area contributed by atoms with E-state index >= 15 is 0 Å². The quantitative estimate of drug-likeness (QED) is 0.697. The van der Waals surface area contributed by atoms with Crippen LogP contribution in [-0.2, 0) is 16.6 Å². The minimum Gasteiger partial charge on any atom is -0.468 e. The summed E-state index contributed by atoms with van der Waals surface area (Å²) in [4.78, 5) is 13.7. The number of rotatable bonds is 6. The molecule has 0 aliphatic carbocycles. The number of likely N-dealkylation sites (N-methyl/N-ethyl adjacent to an activating group) is 1. The van der Waals surface area contributed by atoms with Gasteiger partial charge in [0, 0.05) is 31.9 Å². The van der Waals surface area contributed by atoms with Crippen LogP contribution in [0.4, 0.5) is 0 Å². The standard InChI is InChI=1S/C11H20N4O2/c1-14(2)6-5-12-10(11(16)17-4)9-7-13-15(3)8-9/h7-8,10,12H,5-6H2,1-4H3. The van der Waals surface area contributed by atoms with Crippen molar-refractivity contribution in [2.45, 2.75) is 6.04 Å². The van der Waals surface area contributed by atoms with Crippen LogP contribution >= 0.6 is 0 Å². The fourth-order valence-electron chi connectivity index (χ4n) is 1.48. The lowest BCUT2D eigenvalue weighted by molar-refractivity contribution is -0.143. The van der Waals surface area contributed by atoms with Crippen LogP contribution in [-0.4, -0.2) is 54.9 Å². The van der Waals surface area contributed by atoms with Crippen molar-refractivity contribution >= 4 is 5.97 Å². The summed E-state index contributed by atoms with van der Waals surface area (Å²) in [5.41, 5.74) is 0.818. The van der Waals surface area contributed by atoms with E-state index in [2.05, 4.69) is 10.4 Å².